The molecule has 5 aromatic rings. The van der Waals surface area contributed by atoms with Gasteiger partial charge in [-0.2, -0.15) is 0 Å². The van der Waals surface area contributed by atoms with E-state index >= 15 is 0 Å². The number of benzene rings is 4. The second kappa shape index (κ2) is 11.1. The van der Waals surface area contributed by atoms with Crippen molar-refractivity contribution < 1.29 is 4.79 Å². The highest BCUT2D eigenvalue weighted by atomic mass is 16.2. The van der Waals surface area contributed by atoms with E-state index in [4.69, 9.17) is 0 Å². The van der Waals surface area contributed by atoms with Gasteiger partial charge in [0.25, 0.3) is 0 Å². The minimum atomic E-state index is -0.353. The number of carbonyl (C=O) groups excluding carboxylic acids is 1. The SMILES string of the molecule is CC(C)(C)c1ccc(CN(CCc2c[nH]c3ccccc23)C(=O)C(c2ccccc2)c2ccccc2)cc1. The minimum Gasteiger partial charge on any atom is -0.361 e. The molecule has 192 valence electrons. The lowest BCUT2D eigenvalue weighted by molar-refractivity contribution is -0.132. The molecule has 0 saturated heterocycles. The molecule has 1 amide bonds. The van der Waals surface area contributed by atoms with Gasteiger partial charge in [-0.1, -0.05) is 124 Å². The van der Waals surface area contributed by atoms with Gasteiger partial charge in [0.1, 0.15) is 0 Å². The average molecular weight is 501 g/mol. The lowest BCUT2D eigenvalue weighted by Crippen LogP contribution is -2.36. The molecule has 4 aromatic carbocycles. The normalized spacial score (nSPS) is 11.7. The fraction of sp³-hybridized carbons (Fsp3) is 0.229. The number of aromatic amines is 1. The third-order valence-corrected chi connectivity index (χ3v) is 7.34. The molecule has 1 N–H and O–H groups in total. The van der Waals surface area contributed by atoms with Gasteiger partial charge in [0.05, 0.1) is 5.92 Å². The number of hydrogen-bond donors (Lipinski definition) is 1. The maximum absolute atomic E-state index is 14.4. The number of carbonyl (C=O) groups is 1. The van der Waals surface area contributed by atoms with Gasteiger partial charge in [0.2, 0.25) is 5.91 Å². The van der Waals surface area contributed by atoms with Crippen LogP contribution < -0.4 is 0 Å². The maximum Gasteiger partial charge on any atom is 0.234 e. The Morgan fingerprint density at radius 3 is 1.95 bits per heavy atom. The Morgan fingerprint density at radius 2 is 1.34 bits per heavy atom. The van der Waals surface area contributed by atoms with Gasteiger partial charge in [0, 0.05) is 30.2 Å². The van der Waals surface area contributed by atoms with Crippen molar-refractivity contribution in [2.45, 2.75) is 45.1 Å². The molecule has 1 heterocycles. The summed E-state index contributed by atoms with van der Waals surface area (Å²) < 4.78 is 0. The minimum absolute atomic E-state index is 0.0924. The summed E-state index contributed by atoms with van der Waals surface area (Å²) >= 11 is 0. The van der Waals surface area contributed by atoms with Crippen LogP contribution in [-0.2, 0) is 23.2 Å². The van der Waals surface area contributed by atoms with Crippen LogP contribution in [-0.4, -0.2) is 22.3 Å². The van der Waals surface area contributed by atoms with Crippen molar-refractivity contribution in [2.75, 3.05) is 6.54 Å². The highest BCUT2D eigenvalue weighted by Gasteiger charge is 2.28. The highest BCUT2D eigenvalue weighted by Crippen LogP contribution is 2.29. The summed E-state index contributed by atoms with van der Waals surface area (Å²) in [7, 11) is 0. The summed E-state index contributed by atoms with van der Waals surface area (Å²) in [5, 5.41) is 1.22. The molecule has 0 aliphatic carbocycles. The molecule has 0 aliphatic heterocycles. The Labute approximate surface area is 226 Å². The first-order valence-electron chi connectivity index (χ1n) is 13.4. The number of hydrogen-bond acceptors (Lipinski definition) is 1. The molecular formula is C35H36N2O. The topological polar surface area (TPSA) is 36.1 Å². The Morgan fingerprint density at radius 1 is 0.763 bits per heavy atom. The fourth-order valence-electron chi connectivity index (χ4n) is 5.14. The summed E-state index contributed by atoms with van der Waals surface area (Å²) in [6.45, 7) is 7.88. The molecule has 0 fully saturated rings. The van der Waals surface area contributed by atoms with E-state index in [1.807, 2.05) is 47.4 Å². The first-order valence-corrected chi connectivity index (χ1v) is 13.4. The number of nitrogens with one attached hydrogen (secondary N) is 1. The third-order valence-electron chi connectivity index (χ3n) is 7.34. The van der Waals surface area contributed by atoms with Crippen LogP contribution in [0.15, 0.2) is 115 Å². The zero-order chi connectivity index (χ0) is 26.5. The Balaban J connectivity index is 1.48. The lowest BCUT2D eigenvalue weighted by Gasteiger charge is -2.29. The summed E-state index contributed by atoms with van der Waals surface area (Å²) in [6, 6.07) is 37.4. The van der Waals surface area contributed by atoms with Crippen molar-refractivity contribution in [2.24, 2.45) is 0 Å². The van der Waals surface area contributed by atoms with Crippen molar-refractivity contribution in [3.05, 3.63) is 143 Å². The van der Waals surface area contributed by atoms with E-state index in [1.54, 1.807) is 0 Å². The summed E-state index contributed by atoms with van der Waals surface area (Å²) in [4.78, 5) is 19.8. The number of nitrogens with zero attached hydrogens (tertiary/aromatic N) is 1. The van der Waals surface area contributed by atoms with Crippen LogP contribution in [0.2, 0.25) is 0 Å². The van der Waals surface area contributed by atoms with Gasteiger partial charge in [-0.3, -0.25) is 4.79 Å². The van der Waals surface area contributed by atoms with E-state index < -0.39 is 0 Å². The van der Waals surface area contributed by atoms with Crippen molar-refractivity contribution in [1.82, 2.24) is 9.88 Å². The van der Waals surface area contributed by atoms with Crippen LogP contribution in [0.25, 0.3) is 10.9 Å². The monoisotopic (exact) mass is 500 g/mol. The summed E-state index contributed by atoms with van der Waals surface area (Å²) in [5.41, 5.74) is 6.93. The van der Waals surface area contributed by atoms with Gasteiger partial charge >= 0.3 is 0 Å². The largest absolute Gasteiger partial charge is 0.361 e. The van der Waals surface area contributed by atoms with E-state index in [2.05, 4.69) is 98.7 Å². The predicted molar refractivity (Wildman–Crippen MR) is 157 cm³/mol. The van der Waals surface area contributed by atoms with Crippen LogP contribution in [0.1, 0.15) is 54.5 Å². The first kappa shape index (κ1) is 25.5. The molecule has 0 saturated carbocycles. The smallest absolute Gasteiger partial charge is 0.234 e. The molecule has 3 nitrogen and oxygen atoms in total. The van der Waals surface area contributed by atoms with Crippen molar-refractivity contribution in [3.63, 3.8) is 0 Å². The zero-order valence-electron chi connectivity index (χ0n) is 22.5. The molecular weight excluding hydrogens is 464 g/mol. The predicted octanol–water partition coefficient (Wildman–Crippen LogP) is 7.87. The zero-order valence-corrected chi connectivity index (χ0v) is 22.5. The Kier molecular flexibility index (Phi) is 7.46. The van der Waals surface area contributed by atoms with Gasteiger partial charge in [-0.25, -0.2) is 0 Å². The number of para-hydroxylation sites is 1. The number of amides is 1. The molecule has 38 heavy (non-hydrogen) atoms. The molecule has 0 unspecified atom stereocenters. The van der Waals surface area contributed by atoms with Crippen LogP contribution in [0.4, 0.5) is 0 Å². The third kappa shape index (κ3) is 5.73. The van der Waals surface area contributed by atoms with E-state index in [1.165, 1.54) is 16.5 Å². The van der Waals surface area contributed by atoms with Gasteiger partial charge < -0.3 is 9.88 Å². The molecule has 0 aliphatic rings. The van der Waals surface area contributed by atoms with Crippen LogP contribution >= 0.6 is 0 Å². The maximum atomic E-state index is 14.4. The van der Waals surface area contributed by atoms with Crippen LogP contribution in [0, 0.1) is 0 Å². The molecule has 0 spiro atoms. The summed E-state index contributed by atoms with van der Waals surface area (Å²) in [5.74, 6) is -0.226. The summed E-state index contributed by atoms with van der Waals surface area (Å²) in [6.07, 6.45) is 2.86. The van der Waals surface area contributed by atoms with Gasteiger partial charge in [-0.05, 0) is 45.7 Å². The fourth-order valence-corrected chi connectivity index (χ4v) is 5.14. The highest BCUT2D eigenvalue weighted by molar-refractivity contribution is 5.87. The van der Waals surface area contributed by atoms with E-state index in [9.17, 15) is 4.79 Å². The molecule has 0 bridgehead atoms. The van der Waals surface area contributed by atoms with Crippen molar-refractivity contribution in [3.8, 4) is 0 Å². The second-order valence-electron chi connectivity index (χ2n) is 11.1. The average Bonchev–Trinajstić information content (AvgIpc) is 3.35. The lowest BCUT2D eigenvalue weighted by atomic mass is 9.86. The number of fused-ring (bicyclic) bond motifs is 1. The standard InChI is InChI=1S/C35H36N2O/c1-35(2,3)30-20-18-26(19-21-30)25-37(23-22-29-24-36-32-17-11-10-16-31(29)32)34(38)33(27-12-6-4-7-13-27)28-14-8-5-9-15-28/h4-21,24,33,36H,22-23,25H2,1-3H3. The molecule has 1 aromatic heterocycles. The van der Waals surface area contributed by atoms with E-state index in [0.29, 0.717) is 13.1 Å². The van der Waals surface area contributed by atoms with Gasteiger partial charge in [0.15, 0.2) is 0 Å². The van der Waals surface area contributed by atoms with Crippen LogP contribution in [0.3, 0.4) is 0 Å². The van der Waals surface area contributed by atoms with Gasteiger partial charge in [-0.15, -0.1) is 0 Å². The van der Waals surface area contributed by atoms with Crippen molar-refractivity contribution >= 4 is 16.8 Å². The molecule has 0 radical (unpaired) electrons. The quantitative estimate of drug-likeness (QED) is 0.231. The van der Waals surface area contributed by atoms with Crippen LogP contribution in [0.5, 0.6) is 0 Å². The second-order valence-corrected chi connectivity index (χ2v) is 11.1. The number of aromatic nitrogens is 1. The number of rotatable bonds is 8. The molecule has 5 rings (SSSR count). The Bertz CT molecular complexity index is 1440. The first-order chi connectivity index (χ1) is 18.4. The number of H-pyrrole nitrogens is 1. The Hall–Kier alpha value is -4.11. The molecule has 3 heteroatoms. The van der Waals surface area contributed by atoms with E-state index in [0.717, 1.165) is 28.6 Å². The molecule has 0 atom stereocenters. The van der Waals surface area contributed by atoms with Crippen molar-refractivity contribution in [1.29, 1.82) is 0 Å². The van der Waals surface area contributed by atoms with E-state index in [-0.39, 0.29) is 17.2 Å².